The minimum Gasteiger partial charge on any atom is -0.496 e. The minimum absolute atomic E-state index is 0.619. The highest BCUT2D eigenvalue weighted by molar-refractivity contribution is 5.42. The van der Waals surface area contributed by atoms with Gasteiger partial charge in [0.15, 0.2) is 0 Å². The first kappa shape index (κ1) is 13.4. The molecule has 1 heterocycles. The van der Waals surface area contributed by atoms with Crippen molar-refractivity contribution in [2.24, 2.45) is 0 Å². The van der Waals surface area contributed by atoms with E-state index in [1.165, 1.54) is 24.0 Å². The predicted octanol–water partition coefficient (Wildman–Crippen LogP) is 2.05. The van der Waals surface area contributed by atoms with Crippen molar-refractivity contribution >= 4 is 0 Å². The summed E-state index contributed by atoms with van der Waals surface area (Å²) >= 11 is 0. The summed E-state index contributed by atoms with van der Waals surface area (Å²) in [6.07, 6.45) is 3.65. The van der Waals surface area contributed by atoms with Gasteiger partial charge in [0.2, 0.25) is 0 Å². The highest BCUT2D eigenvalue weighted by atomic mass is 16.5. The molecule has 1 N–H and O–H groups in total. The summed E-state index contributed by atoms with van der Waals surface area (Å²) in [4.78, 5) is 2.18. The molecule has 0 amide bonds. The van der Waals surface area contributed by atoms with Gasteiger partial charge in [0.25, 0.3) is 0 Å². The van der Waals surface area contributed by atoms with Crippen LogP contribution in [0, 0.1) is 0 Å². The van der Waals surface area contributed by atoms with Crippen LogP contribution in [-0.2, 0) is 13.0 Å². The van der Waals surface area contributed by atoms with Gasteiger partial charge in [0.1, 0.15) is 5.75 Å². The molecular formula is C15H24N2O. The van der Waals surface area contributed by atoms with Crippen LogP contribution in [0.25, 0.3) is 0 Å². The molecule has 3 heteroatoms. The largest absolute Gasteiger partial charge is 0.496 e. The average Bonchev–Trinajstić information content (AvgIpc) is 2.81. The average molecular weight is 248 g/mol. The summed E-state index contributed by atoms with van der Waals surface area (Å²) < 4.78 is 5.63. The number of nitrogens with one attached hydrogen (secondary N) is 1. The van der Waals surface area contributed by atoms with Gasteiger partial charge in [0.05, 0.1) is 7.11 Å². The van der Waals surface area contributed by atoms with Gasteiger partial charge in [-0.25, -0.2) is 0 Å². The second-order valence-corrected chi connectivity index (χ2v) is 5.34. The zero-order chi connectivity index (χ0) is 13.0. The molecule has 3 nitrogen and oxygen atoms in total. The maximum Gasteiger partial charge on any atom is 0.126 e. The molecule has 1 atom stereocenters. The van der Waals surface area contributed by atoms with Crippen LogP contribution >= 0.6 is 0 Å². The number of para-hydroxylation sites is 1. The maximum atomic E-state index is 5.63. The Morgan fingerprint density at radius 1 is 1.33 bits per heavy atom. The molecule has 1 aliphatic rings. The molecule has 100 valence electrons. The molecule has 1 saturated heterocycles. The maximum absolute atomic E-state index is 5.63. The van der Waals surface area contributed by atoms with Crippen molar-refractivity contribution in [3.05, 3.63) is 29.3 Å². The van der Waals surface area contributed by atoms with Gasteiger partial charge in [-0.3, -0.25) is 0 Å². The second kappa shape index (κ2) is 6.21. The summed E-state index contributed by atoms with van der Waals surface area (Å²) in [6, 6.07) is 7.11. The SMILES string of the molecule is COc1c(CC2CCCN2)cccc1CN(C)C. The molecule has 1 fully saturated rings. The monoisotopic (exact) mass is 248 g/mol. The molecule has 1 unspecified atom stereocenters. The molecule has 1 aromatic rings. The number of methoxy groups -OCH3 is 1. The standard InChI is InChI=1S/C15H24N2O/c1-17(2)11-13-7-4-6-12(15(13)18-3)10-14-8-5-9-16-14/h4,6-7,14,16H,5,8-11H2,1-3H3. The van der Waals surface area contributed by atoms with Crippen molar-refractivity contribution in [3.63, 3.8) is 0 Å². The zero-order valence-corrected chi connectivity index (χ0v) is 11.7. The van der Waals surface area contributed by atoms with Gasteiger partial charge < -0.3 is 15.0 Å². The van der Waals surface area contributed by atoms with E-state index in [2.05, 4.69) is 42.5 Å². The third-order valence-corrected chi connectivity index (χ3v) is 3.50. The van der Waals surface area contributed by atoms with Crippen molar-refractivity contribution in [1.82, 2.24) is 10.2 Å². The Labute approximate surface area is 110 Å². The molecule has 1 aromatic carbocycles. The van der Waals surface area contributed by atoms with Crippen LogP contribution < -0.4 is 10.1 Å². The van der Waals surface area contributed by atoms with E-state index in [1.54, 1.807) is 7.11 Å². The first-order chi connectivity index (χ1) is 8.70. The van der Waals surface area contributed by atoms with Crippen molar-refractivity contribution < 1.29 is 4.74 Å². The van der Waals surface area contributed by atoms with E-state index < -0.39 is 0 Å². The van der Waals surface area contributed by atoms with Crippen LogP contribution in [0.3, 0.4) is 0 Å². The quantitative estimate of drug-likeness (QED) is 0.863. The summed E-state index contributed by atoms with van der Waals surface area (Å²) in [5.74, 6) is 1.07. The number of benzene rings is 1. The van der Waals surface area contributed by atoms with Crippen molar-refractivity contribution in [2.45, 2.75) is 31.8 Å². The molecule has 0 spiro atoms. The Morgan fingerprint density at radius 3 is 2.72 bits per heavy atom. The van der Waals surface area contributed by atoms with Crippen LogP contribution in [0.4, 0.5) is 0 Å². The van der Waals surface area contributed by atoms with E-state index in [0.29, 0.717) is 6.04 Å². The van der Waals surface area contributed by atoms with E-state index >= 15 is 0 Å². The van der Waals surface area contributed by atoms with Crippen LogP contribution in [0.2, 0.25) is 0 Å². The molecule has 2 rings (SSSR count). The Kier molecular flexibility index (Phi) is 4.61. The number of hydrogen-bond donors (Lipinski definition) is 1. The number of hydrogen-bond acceptors (Lipinski definition) is 3. The highest BCUT2D eigenvalue weighted by Gasteiger charge is 2.17. The zero-order valence-electron chi connectivity index (χ0n) is 11.7. The topological polar surface area (TPSA) is 24.5 Å². The lowest BCUT2D eigenvalue weighted by Gasteiger charge is -2.18. The van der Waals surface area contributed by atoms with Gasteiger partial charge in [-0.05, 0) is 45.5 Å². The molecule has 1 aliphatic heterocycles. The smallest absolute Gasteiger partial charge is 0.126 e. The predicted molar refractivity (Wildman–Crippen MR) is 75.1 cm³/mol. The molecule has 0 radical (unpaired) electrons. The lowest BCUT2D eigenvalue weighted by Crippen LogP contribution is -2.24. The first-order valence-corrected chi connectivity index (χ1v) is 6.73. The van der Waals surface area contributed by atoms with Crippen LogP contribution in [0.5, 0.6) is 5.75 Å². The van der Waals surface area contributed by atoms with Crippen molar-refractivity contribution in [1.29, 1.82) is 0 Å². The van der Waals surface area contributed by atoms with Gasteiger partial charge in [0, 0.05) is 18.2 Å². The number of rotatable bonds is 5. The number of nitrogens with zero attached hydrogens (tertiary/aromatic N) is 1. The molecule has 0 bridgehead atoms. The highest BCUT2D eigenvalue weighted by Crippen LogP contribution is 2.27. The lowest BCUT2D eigenvalue weighted by atomic mass is 10.0. The third-order valence-electron chi connectivity index (χ3n) is 3.50. The van der Waals surface area contributed by atoms with E-state index in [1.807, 2.05) is 0 Å². The Balaban J connectivity index is 2.17. The molecule has 0 aromatic heterocycles. The van der Waals surface area contributed by atoms with Crippen molar-refractivity contribution in [3.8, 4) is 5.75 Å². The van der Waals surface area contributed by atoms with E-state index in [-0.39, 0.29) is 0 Å². The summed E-state index contributed by atoms with van der Waals surface area (Å²) in [5, 5.41) is 3.55. The Bertz CT molecular complexity index is 384. The summed E-state index contributed by atoms with van der Waals surface area (Å²) in [5.41, 5.74) is 2.61. The molecular weight excluding hydrogens is 224 g/mol. The fraction of sp³-hybridized carbons (Fsp3) is 0.600. The Morgan fingerprint density at radius 2 is 2.11 bits per heavy atom. The molecule has 0 aliphatic carbocycles. The molecule has 18 heavy (non-hydrogen) atoms. The van der Waals surface area contributed by atoms with E-state index in [4.69, 9.17) is 4.74 Å². The fourth-order valence-corrected chi connectivity index (χ4v) is 2.72. The van der Waals surface area contributed by atoms with Gasteiger partial charge in [-0.2, -0.15) is 0 Å². The van der Waals surface area contributed by atoms with Crippen LogP contribution in [0.1, 0.15) is 24.0 Å². The second-order valence-electron chi connectivity index (χ2n) is 5.34. The normalized spacial score (nSPS) is 19.4. The van der Waals surface area contributed by atoms with Crippen LogP contribution in [0.15, 0.2) is 18.2 Å². The van der Waals surface area contributed by atoms with Crippen LogP contribution in [-0.4, -0.2) is 38.7 Å². The van der Waals surface area contributed by atoms with Gasteiger partial charge in [-0.1, -0.05) is 18.2 Å². The minimum atomic E-state index is 0.619. The summed E-state index contributed by atoms with van der Waals surface area (Å²) in [6.45, 7) is 2.08. The number of ether oxygens (including phenoxy) is 1. The summed E-state index contributed by atoms with van der Waals surface area (Å²) in [7, 11) is 5.95. The third kappa shape index (κ3) is 3.24. The lowest BCUT2D eigenvalue weighted by molar-refractivity contribution is 0.368. The van der Waals surface area contributed by atoms with Crippen molar-refractivity contribution in [2.75, 3.05) is 27.7 Å². The van der Waals surface area contributed by atoms with Gasteiger partial charge >= 0.3 is 0 Å². The van der Waals surface area contributed by atoms with E-state index in [0.717, 1.165) is 25.3 Å². The molecule has 0 saturated carbocycles. The van der Waals surface area contributed by atoms with E-state index in [9.17, 15) is 0 Å². The Hall–Kier alpha value is -1.06. The van der Waals surface area contributed by atoms with Gasteiger partial charge in [-0.15, -0.1) is 0 Å². The first-order valence-electron chi connectivity index (χ1n) is 6.73. The fourth-order valence-electron chi connectivity index (χ4n) is 2.72.